The predicted octanol–water partition coefficient (Wildman–Crippen LogP) is 2.88. The number of halogens is 1. The van der Waals surface area contributed by atoms with Gasteiger partial charge in [-0.15, -0.1) is 0 Å². The maximum atomic E-state index is 12.1. The zero-order valence-corrected chi connectivity index (χ0v) is 13.6. The molecule has 114 valence electrons. The topological polar surface area (TPSA) is 71.0 Å². The van der Waals surface area contributed by atoms with Crippen molar-refractivity contribution in [3.8, 4) is 0 Å². The van der Waals surface area contributed by atoms with Gasteiger partial charge in [0.05, 0.1) is 23.6 Å². The predicted molar refractivity (Wildman–Crippen MR) is 88.0 cm³/mol. The van der Waals surface area contributed by atoms with Gasteiger partial charge in [-0.25, -0.2) is 9.97 Å². The summed E-state index contributed by atoms with van der Waals surface area (Å²) in [4.78, 5) is 26.9. The molecule has 6 nitrogen and oxygen atoms in total. The summed E-state index contributed by atoms with van der Waals surface area (Å²) < 4.78 is 0.761. The van der Waals surface area contributed by atoms with Crippen molar-refractivity contribution in [1.82, 2.24) is 15.0 Å². The van der Waals surface area contributed by atoms with Crippen molar-refractivity contribution in [2.45, 2.75) is 19.3 Å². The van der Waals surface area contributed by atoms with Crippen molar-refractivity contribution in [3.05, 3.63) is 40.9 Å². The number of anilines is 2. The van der Waals surface area contributed by atoms with Gasteiger partial charge < -0.3 is 10.2 Å². The van der Waals surface area contributed by atoms with Crippen LogP contribution in [-0.2, 0) is 0 Å². The van der Waals surface area contributed by atoms with Crippen LogP contribution in [-0.4, -0.2) is 33.9 Å². The van der Waals surface area contributed by atoms with E-state index in [1.54, 1.807) is 24.7 Å². The highest BCUT2D eigenvalue weighted by Crippen LogP contribution is 2.17. The molecule has 0 atom stereocenters. The van der Waals surface area contributed by atoms with Crippen LogP contribution in [0.1, 0.15) is 29.6 Å². The number of nitrogens with one attached hydrogen (secondary N) is 1. The smallest absolute Gasteiger partial charge is 0.257 e. The zero-order chi connectivity index (χ0) is 15.4. The first-order chi connectivity index (χ1) is 10.7. The number of carbonyl (C=O) groups excluding carboxylic acids is 1. The summed E-state index contributed by atoms with van der Waals surface area (Å²) in [6.07, 6.45) is 10.1. The third-order valence-electron chi connectivity index (χ3n) is 3.50. The fourth-order valence-corrected chi connectivity index (χ4v) is 2.75. The van der Waals surface area contributed by atoms with E-state index >= 15 is 0 Å². The van der Waals surface area contributed by atoms with Crippen LogP contribution in [0.15, 0.2) is 35.3 Å². The Morgan fingerprint density at radius 1 is 1.09 bits per heavy atom. The Hall–Kier alpha value is -2.02. The molecule has 0 radical (unpaired) electrons. The molecule has 1 N–H and O–H groups in total. The monoisotopic (exact) mass is 361 g/mol. The molecule has 1 aliphatic heterocycles. The molecule has 3 heterocycles. The zero-order valence-electron chi connectivity index (χ0n) is 12.0. The molecule has 2 aromatic rings. The number of carbonyl (C=O) groups is 1. The van der Waals surface area contributed by atoms with Crippen LogP contribution in [0.4, 0.5) is 11.6 Å². The lowest BCUT2D eigenvalue weighted by Gasteiger charge is -2.26. The Kier molecular flexibility index (Phi) is 4.62. The minimum Gasteiger partial charge on any atom is -0.341 e. The van der Waals surface area contributed by atoms with Gasteiger partial charge in [-0.05, 0) is 41.3 Å². The number of hydrogen-bond donors (Lipinski definition) is 1. The molecule has 1 saturated heterocycles. The van der Waals surface area contributed by atoms with Crippen molar-refractivity contribution in [2.75, 3.05) is 23.3 Å². The average Bonchev–Trinajstić information content (AvgIpc) is 2.56. The maximum absolute atomic E-state index is 12.1. The number of hydrogen-bond acceptors (Lipinski definition) is 5. The lowest BCUT2D eigenvalue weighted by molar-refractivity contribution is 0.102. The van der Waals surface area contributed by atoms with Crippen LogP contribution < -0.4 is 10.2 Å². The van der Waals surface area contributed by atoms with E-state index in [4.69, 9.17) is 0 Å². The second-order valence-corrected chi connectivity index (χ2v) is 6.08. The summed E-state index contributed by atoms with van der Waals surface area (Å²) in [5, 5.41) is 2.77. The van der Waals surface area contributed by atoms with Crippen LogP contribution in [0.2, 0.25) is 0 Å². The molecule has 1 fully saturated rings. The highest BCUT2D eigenvalue weighted by atomic mass is 79.9. The number of rotatable bonds is 3. The minimum absolute atomic E-state index is 0.233. The van der Waals surface area contributed by atoms with Crippen LogP contribution in [0.25, 0.3) is 0 Å². The van der Waals surface area contributed by atoms with E-state index in [0.29, 0.717) is 11.3 Å². The maximum Gasteiger partial charge on any atom is 0.257 e. The van der Waals surface area contributed by atoms with Crippen molar-refractivity contribution in [1.29, 1.82) is 0 Å². The van der Waals surface area contributed by atoms with Crippen LogP contribution in [0.3, 0.4) is 0 Å². The van der Waals surface area contributed by atoms with Crippen LogP contribution in [0.5, 0.6) is 0 Å². The molecule has 0 unspecified atom stereocenters. The molecule has 0 saturated carbocycles. The first kappa shape index (κ1) is 14.9. The second kappa shape index (κ2) is 6.83. The fraction of sp³-hybridized carbons (Fsp3) is 0.333. The molecule has 0 aromatic carbocycles. The number of nitrogens with zero attached hydrogens (tertiary/aromatic N) is 4. The molecule has 3 rings (SSSR count). The molecule has 0 bridgehead atoms. The summed E-state index contributed by atoms with van der Waals surface area (Å²) in [6.45, 7) is 1.99. The lowest BCUT2D eigenvalue weighted by Crippen LogP contribution is -2.30. The largest absolute Gasteiger partial charge is 0.341 e. The molecule has 1 amide bonds. The highest BCUT2D eigenvalue weighted by Gasteiger charge is 2.13. The highest BCUT2D eigenvalue weighted by molar-refractivity contribution is 9.10. The molecule has 0 aliphatic carbocycles. The molecule has 7 heteroatoms. The lowest BCUT2D eigenvalue weighted by atomic mass is 10.1. The third kappa shape index (κ3) is 3.59. The number of aromatic nitrogens is 3. The summed E-state index contributed by atoms with van der Waals surface area (Å²) in [5.74, 6) is 0.491. The normalized spacial score (nSPS) is 14.7. The van der Waals surface area contributed by atoms with Crippen molar-refractivity contribution in [3.63, 3.8) is 0 Å². The van der Waals surface area contributed by atoms with E-state index in [2.05, 4.69) is 41.1 Å². The minimum atomic E-state index is -0.233. The van der Waals surface area contributed by atoms with E-state index < -0.39 is 0 Å². The number of piperidine rings is 1. The quantitative estimate of drug-likeness (QED) is 0.909. The second-order valence-electron chi connectivity index (χ2n) is 5.17. The first-order valence-corrected chi connectivity index (χ1v) is 8.00. The number of amides is 1. The molecular weight excluding hydrogens is 346 g/mol. The van der Waals surface area contributed by atoms with Gasteiger partial charge in [-0.3, -0.25) is 9.78 Å². The molecule has 0 spiro atoms. The van der Waals surface area contributed by atoms with Crippen LogP contribution >= 0.6 is 15.9 Å². The standard InChI is InChI=1S/C15H16BrN5O/c16-12-6-11(7-17-8-12)14(22)20-13-9-18-15(19-10-13)21-4-2-1-3-5-21/h6-10H,1-5H2,(H,20,22). The van der Waals surface area contributed by atoms with Gasteiger partial charge in [0, 0.05) is 30.0 Å². The van der Waals surface area contributed by atoms with Crippen LogP contribution in [0, 0.1) is 0 Å². The van der Waals surface area contributed by atoms with Crippen molar-refractivity contribution < 1.29 is 4.79 Å². The molecule has 22 heavy (non-hydrogen) atoms. The van der Waals surface area contributed by atoms with E-state index in [1.807, 2.05) is 0 Å². The van der Waals surface area contributed by atoms with Gasteiger partial charge in [-0.2, -0.15) is 0 Å². The Morgan fingerprint density at radius 2 is 1.82 bits per heavy atom. The van der Waals surface area contributed by atoms with E-state index in [-0.39, 0.29) is 5.91 Å². The van der Waals surface area contributed by atoms with E-state index in [0.717, 1.165) is 23.5 Å². The summed E-state index contributed by atoms with van der Waals surface area (Å²) in [6, 6.07) is 1.71. The van der Waals surface area contributed by atoms with Gasteiger partial charge in [0.15, 0.2) is 0 Å². The summed E-state index contributed by atoms with van der Waals surface area (Å²) in [7, 11) is 0. The van der Waals surface area contributed by atoms with Crippen molar-refractivity contribution in [2.24, 2.45) is 0 Å². The van der Waals surface area contributed by atoms with Gasteiger partial charge in [-0.1, -0.05) is 0 Å². The Bertz CT molecular complexity index is 655. The van der Waals surface area contributed by atoms with E-state index in [1.165, 1.54) is 25.5 Å². The van der Waals surface area contributed by atoms with Gasteiger partial charge >= 0.3 is 0 Å². The van der Waals surface area contributed by atoms with Crippen molar-refractivity contribution >= 4 is 33.5 Å². The fourth-order valence-electron chi connectivity index (χ4n) is 2.38. The average molecular weight is 362 g/mol. The molecule has 2 aromatic heterocycles. The third-order valence-corrected chi connectivity index (χ3v) is 3.94. The van der Waals surface area contributed by atoms with Gasteiger partial charge in [0.2, 0.25) is 5.95 Å². The van der Waals surface area contributed by atoms with E-state index in [9.17, 15) is 4.79 Å². The molecule has 1 aliphatic rings. The Labute approximate surface area is 137 Å². The molecular formula is C15H16BrN5O. The van der Waals surface area contributed by atoms with Gasteiger partial charge in [0.1, 0.15) is 0 Å². The van der Waals surface area contributed by atoms with Gasteiger partial charge in [0.25, 0.3) is 5.91 Å². The Balaban J connectivity index is 1.66. The SMILES string of the molecule is O=C(Nc1cnc(N2CCCCC2)nc1)c1cncc(Br)c1. The summed E-state index contributed by atoms with van der Waals surface area (Å²) >= 11 is 3.30. The first-order valence-electron chi connectivity index (χ1n) is 7.21. The summed E-state index contributed by atoms with van der Waals surface area (Å²) in [5.41, 5.74) is 1.06. The number of pyridine rings is 1. The Morgan fingerprint density at radius 3 is 2.50 bits per heavy atom.